The predicted octanol–water partition coefficient (Wildman–Crippen LogP) is 3.42. The van der Waals surface area contributed by atoms with Gasteiger partial charge >= 0.3 is 5.96 Å². The van der Waals surface area contributed by atoms with Crippen molar-refractivity contribution in [2.45, 2.75) is 26.2 Å². The van der Waals surface area contributed by atoms with Gasteiger partial charge in [-0.1, -0.05) is 44.0 Å². The van der Waals surface area contributed by atoms with E-state index in [2.05, 4.69) is 63.7 Å². The Labute approximate surface area is 152 Å². The molecule has 0 saturated heterocycles. The Hall–Kier alpha value is -3.39. The first-order valence-electron chi connectivity index (χ1n) is 8.56. The molecular weight excluding hydrogens is 322 g/mol. The minimum Gasteiger partial charge on any atom is -0.345 e. The molecule has 5 heteroatoms. The third kappa shape index (κ3) is 3.09. The van der Waals surface area contributed by atoms with E-state index >= 15 is 0 Å². The third-order valence-corrected chi connectivity index (χ3v) is 4.30. The maximum atomic E-state index is 4.66. The number of H-pyrrole nitrogens is 1. The van der Waals surface area contributed by atoms with Crippen molar-refractivity contribution in [3.8, 4) is 0 Å². The molecule has 0 spiro atoms. The van der Waals surface area contributed by atoms with E-state index in [1.165, 1.54) is 5.56 Å². The van der Waals surface area contributed by atoms with Gasteiger partial charge in [-0.2, -0.15) is 4.67 Å². The number of guanidine groups is 1. The summed E-state index contributed by atoms with van der Waals surface area (Å²) in [6.07, 6.45) is 3.48. The number of benzene rings is 2. The number of allylic oxidation sites excluding steroid dienone is 1. The van der Waals surface area contributed by atoms with E-state index in [4.69, 9.17) is 0 Å². The van der Waals surface area contributed by atoms with Gasteiger partial charge in [0.25, 0.3) is 0 Å². The molecule has 26 heavy (non-hydrogen) atoms. The van der Waals surface area contributed by atoms with Gasteiger partial charge in [-0.05, 0) is 35.2 Å². The van der Waals surface area contributed by atoms with Crippen LogP contribution < -0.4 is 9.98 Å². The third-order valence-electron chi connectivity index (χ3n) is 4.30. The van der Waals surface area contributed by atoms with Crippen LogP contribution in [-0.4, -0.2) is 27.5 Å². The first-order valence-corrected chi connectivity index (χ1v) is 8.56. The lowest BCUT2D eigenvalue weighted by Gasteiger charge is -2.20. The number of hydrogen-bond acceptors (Lipinski definition) is 3. The van der Waals surface area contributed by atoms with Crippen molar-refractivity contribution in [1.29, 1.82) is 0 Å². The van der Waals surface area contributed by atoms with Crippen LogP contribution in [0.25, 0.3) is 11.0 Å². The molecule has 1 aliphatic heterocycles. The molecule has 0 fully saturated rings. The number of anilines is 1. The van der Waals surface area contributed by atoms with Crippen LogP contribution in [0.1, 0.15) is 31.9 Å². The van der Waals surface area contributed by atoms with E-state index in [1.807, 2.05) is 30.3 Å². The second-order valence-electron chi connectivity index (χ2n) is 7.26. The quantitative estimate of drug-likeness (QED) is 0.701. The largest absolute Gasteiger partial charge is 0.494 e. The van der Waals surface area contributed by atoms with Crippen LogP contribution in [0, 0.1) is 0 Å². The Morgan fingerprint density at radius 1 is 1.12 bits per heavy atom. The fourth-order valence-corrected chi connectivity index (χ4v) is 2.99. The van der Waals surface area contributed by atoms with Crippen LogP contribution in [0.3, 0.4) is 0 Å². The normalized spacial score (nSPS) is 13.7. The second kappa shape index (κ2) is 6.16. The predicted molar refractivity (Wildman–Crippen MR) is 108 cm³/mol. The maximum absolute atomic E-state index is 4.66. The monoisotopic (exact) mass is 342 g/mol. The SMILES string of the molecule is CC(C)(C)c1ccccc1NC1=[N+]=C=CC(c2ccc3nc[nH]c3c2)=N1. The zero-order chi connectivity index (χ0) is 18.1. The minimum absolute atomic E-state index is 0.0244. The van der Waals surface area contributed by atoms with Crippen molar-refractivity contribution < 1.29 is 0 Å². The van der Waals surface area contributed by atoms with E-state index in [1.54, 1.807) is 12.4 Å². The Bertz CT molecular complexity index is 1110. The van der Waals surface area contributed by atoms with Gasteiger partial charge in [0.1, 0.15) is 11.6 Å². The van der Waals surface area contributed by atoms with Gasteiger partial charge in [0.15, 0.2) is 5.71 Å². The number of fused-ring (bicyclic) bond motifs is 1. The van der Waals surface area contributed by atoms with Gasteiger partial charge < -0.3 is 4.98 Å². The van der Waals surface area contributed by atoms with Gasteiger partial charge in [0.2, 0.25) is 0 Å². The van der Waals surface area contributed by atoms with Gasteiger partial charge in [-0.15, -0.1) is 0 Å². The Balaban J connectivity index is 1.67. The van der Waals surface area contributed by atoms with Gasteiger partial charge in [-0.3, -0.25) is 0 Å². The number of aromatic nitrogens is 2. The number of imidazole rings is 1. The summed E-state index contributed by atoms with van der Waals surface area (Å²) in [6, 6.07) is 14.3. The molecule has 0 atom stereocenters. The highest BCUT2D eigenvalue weighted by atomic mass is 15.1. The highest BCUT2D eigenvalue weighted by molar-refractivity contribution is 6.20. The van der Waals surface area contributed by atoms with Crippen molar-refractivity contribution in [2.75, 3.05) is 5.32 Å². The van der Waals surface area contributed by atoms with Crippen molar-refractivity contribution >= 4 is 34.3 Å². The van der Waals surface area contributed by atoms with E-state index < -0.39 is 0 Å². The van der Waals surface area contributed by atoms with Crippen LogP contribution in [0.5, 0.6) is 0 Å². The molecule has 0 unspecified atom stereocenters. The summed E-state index contributed by atoms with van der Waals surface area (Å²) in [5.74, 6) is 3.48. The van der Waals surface area contributed by atoms with E-state index in [9.17, 15) is 0 Å². The van der Waals surface area contributed by atoms with Crippen molar-refractivity contribution in [3.05, 3.63) is 66.0 Å². The summed E-state index contributed by atoms with van der Waals surface area (Å²) >= 11 is 0. The molecule has 2 heterocycles. The summed E-state index contributed by atoms with van der Waals surface area (Å²) < 4.78 is 4.27. The number of aliphatic imine (C=N–C) groups is 1. The summed E-state index contributed by atoms with van der Waals surface area (Å²) in [6.45, 7) is 6.57. The number of para-hydroxylation sites is 1. The summed E-state index contributed by atoms with van der Waals surface area (Å²) in [5, 5.41) is 3.35. The van der Waals surface area contributed by atoms with E-state index in [0.29, 0.717) is 5.96 Å². The molecule has 3 aromatic rings. The molecule has 128 valence electrons. The average molecular weight is 342 g/mol. The molecule has 1 aromatic heterocycles. The number of rotatable bonds is 2. The number of hydrogen-bond donors (Lipinski definition) is 2. The Kier molecular flexibility index (Phi) is 3.81. The van der Waals surface area contributed by atoms with Gasteiger partial charge in [0.05, 0.1) is 23.4 Å². The Morgan fingerprint density at radius 3 is 2.81 bits per heavy atom. The number of nitrogens with zero attached hydrogens (tertiary/aromatic N) is 3. The van der Waals surface area contributed by atoms with Crippen LogP contribution in [-0.2, 0) is 5.41 Å². The fraction of sp³-hybridized carbons (Fsp3) is 0.190. The summed E-state index contributed by atoms with van der Waals surface area (Å²) in [7, 11) is 0. The second-order valence-corrected chi connectivity index (χ2v) is 7.26. The lowest BCUT2D eigenvalue weighted by molar-refractivity contribution is 0.592. The molecule has 0 aliphatic carbocycles. The van der Waals surface area contributed by atoms with E-state index in [-0.39, 0.29) is 5.41 Å². The average Bonchev–Trinajstić information content (AvgIpc) is 3.09. The van der Waals surface area contributed by atoms with Crippen LogP contribution in [0.15, 0.2) is 59.9 Å². The minimum atomic E-state index is 0.0244. The zero-order valence-electron chi connectivity index (χ0n) is 15.0. The van der Waals surface area contributed by atoms with Crippen LogP contribution in [0.2, 0.25) is 0 Å². The van der Waals surface area contributed by atoms with Crippen LogP contribution >= 0.6 is 0 Å². The summed E-state index contributed by atoms with van der Waals surface area (Å²) in [4.78, 5) is 12.0. The molecule has 0 bridgehead atoms. The van der Waals surface area contributed by atoms with Crippen molar-refractivity contribution in [2.24, 2.45) is 4.99 Å². The molecule has 0 amide bonds. The standard InChI is InChI=1S/C21H19N5/c1-21(2,3)15-6-4-5-7-17(15)26-20-22-11-10-16(25-20)14-8-9-18-19(12-14)24-13-23-18/h4-10,12-13H,1-3H3,(H,23,24,25,26)/p+1. The molecule has 5 nitrogen and oxygen atoms in total. The fourth-order valence-electron chi connectivity index (χ4n) is 2.99. The smallest absolute Gasteiger partial charge is 0.345 e. The molecule has 2 aromatic carbocycles. The highest BCUT2D eigenvalue weighted by Crippen LogP contribution is 2.29. The molecule has 4 rings (SSSR count). The number of nitrogens with one attached hydrogen (secondary N) is 2. The van der Waals surface area contributed by atoms with Crippen molar-refractivity contribution in [1.82, 2.24) is 14.6 Å². The maximum Gasteiger partial charge on any atom is 0.494 e. The zero-order valence-corrected chi connectivity index (χ0v) is 15.0. The molecular formula is C21H20N5+. The molecule has 0 radical (unpaired) electrons. The molecule has 0 saturated carbocycles. The summed E-state index contributed by atoms with van der Waals surface area (Å²) in [5.41, 5.74) is 5.97. The molecule has 1 aliphatic rings. The van der Waals surface area contributed by atoms with Crippen LogP contribution in [0.4, 0.5) is 5.69 Å². The lowest BCUT2D eigenvalue weighted by Crippen LogP contribution is -2.21. The van der Waals surface area contributed by atoms with Gasteiger partial charge in [0, 0.05) is 5.56 Å². The first-order chi connectivity index (χ1) is 12.5. The van der Waals surface area contributed by atoms with Crippen molar-refractivity contribution in [3.63, 3.8) is 0 Å². The highest BCUT2D eigenvalue weighted by Gasteiger charge is 2.22. The first kappa shape index (κ1) is 16.1. The number of aromatic amines is 1. The topological polar surface area (TPSA) is 67.2 Å². The van der Waals surface area contributed by atoms with Gasteiger partial charge in [-0.25, -0.2) is 10.3 Å². The van der Waals surface area contributed by atoms with E-state index in [0.717, 1.165) is 28.0 Å². The lowest BCUT2D eigenvalue weighted by atomic mass is 9.86. The Morgan fingerprint density at radius 2 is 1.96 bits per heavy atom. The molecule has 2 N–H and O–H groups in total.